The van der Waals surface area contributed by atoms with E-state index in [9.17, 15) is 27.6 Å². The number of nitrogens with two attached hydrogens (primary N) is 2. The van der Waals surface area contributed by atoms with E-state index in [1.54, 1.807) is 24.3 Å². The minimum Gasteiger partial charge on any atom is -0.481 e. The SMILES string of the molecule is N=C(N)NCCCC(N)C(=O)O.O=C(O)Cc1nn(Cc2nc3cc(C(F)(F)F)ccc3s2)c(=O)c2ccccc12. The zero-order chi connectivity index (χ0) is 30.3. The number of guanidine groups is 1. The van der Waals surface area contributed by atoms with Crippen molar-refractivity contribution in [1.82, 2.24) is 20.1 Å². The van der Waals surface area contributed by atoms with Gasteiger partial charge in [-0.15, -0.1) is 11.3 Å². The monoisotopic (exact) mass is 593 g/mol. The molecule has 0 aliphatic carbocycles. The summed E-state index contributed by atoms with van der Waals surface area (Å²) >= 11 is 1.15. The summed E-state index contributed by atoms with van der Waals surface area (Å²) in [5.41, 5.74) is 9.40. The zero-order valence-electron chi connectivity index (χ0n) is 21.3. The minimum absolute atomic E-state index is 0.0724. The third kappa shape index (κ3) is 8.46. The molecule has 0 amide bonds. The van der Waals surface area contributed by atoms with Gasteiger partial charge in [-0.1, -0.05) is 18.2 Å². The molecule has 4 rings (SSSR count). The smallest absolute Gasteiger partial charge is 0.416 e. The maximum absolute atomic E-state index is 12.9. The number of aromatic nitrogens is 3. The second kappa shape index (κ2) is 13.2. The molecule has 2 heterocycles. The maximum atomic E-state index is 12.9. The van der Waals surface area contributed by atoms with E-state index in [4.69, 9.17) is 27.1 Å². The lowest BCUT2D eigenvalue weighted by atomic mass is 10.1. The van der Waals surface area contributed by atoms with Crippen molar-refractivity contribution in [3.63, 3.8) is 0 Å². The predicted octanol–water partition coefficient (Wildman–Crippen LogP) is 2.36. The van der Waals surface area contributed by atoms with Crippen LogP contribution in [0.15, 0.2) is 47.3 Å². The summed E-state index contributed by atoms with van der Waals surface area (Å²) in [6, 6.07) is 9.01. The Morgan fingerprint density at radius 2 is 1.83 bits per heavy atom. The summed E-state index contributed by atoms with van der Waals surface area (Å²) in [4.78, 5) is 38.3. The Labute approximate surface area is 233 Å². The molecular weight excluding hydrogens is 567 g/mol. The first-order valence-corrected chi connectivity index (χ1v) is 12.8. The molecule has 2 aromatic heterocycles. The van der Waals surface area contributed by atoms with Gasteiger partial charge in [-0.3, -0.25) is 19.8 Å². The summed E-state index contributed by atoms with van der Waals surface area (Å²) in [6.45, 7) is 0.410. The highest BCUT2D eigenvalue weighted by Crippen LogP contribution is 2.33. The number of carboxylic acid groups (broad SMARTS) is 2. The van der Waals surface area contributed by atoms with Crippen molar-refractivity contribution in [3.8, 4) is 0 Å². The van der Waals surface area contributed by atoms with Crippen LogP contribution < -0.4 is 22.3 Å². The number of carbonyl (C=O) groups is 2. The highest BCUT2D eigenvalue weighted by molar-refractivity contribution is 7.18. The van der Waals surface area contributed by atoms with Crippen LogP contribution in [0.1, 0.15) is 29.1 Å². The fourth-order valence-electron chi connectivity index (χ4n) is 3.70. The Morgan fingerprint density at radius 1 is 1.15 bits per heavy atom. The summed E-state index contributed by atoms with van der Waals surface area (Å²) in [7, 11) is 0. The van der Waals surface area contributed by atoms with E-state index >= 15 is 0 Å². The quantitative estimate of drug-likeness (QED) is 0.0947. The van der Waals surface area contributed by atoms with Crippen LogP contribution in [0.3, 0.4) is 0 Å². The molecule has 12 nitrogen and oxygen atoms in total. The molecule has 0 radical (unpaired) electrons. The molecule has 0 saturated heterocycles. The summed E-state index contributed by atoms with van der Waals surface area (Å²) in [5, 5.41) is 32.2. The van der Waals surface area contributed by atoms with E-state index in [0.29, 0.717) is 39.9 Å². The molecule has 4 aromatic rings. The number of alkyl halides is 3. The van der Waals surface area contributed by atoms with Crippen LogP contribution in [0.5, 0.6) is 0 Å². The third-order valence-corrected chi connectivity index (χ3v) is 6.65. The molecule has 1 unspecified atom stereocenters. The molecule has 1 atom stereocenters. The number of fused-ring (bicyclic) bond motifs is 2. The van der Waals surface area contributed by atoms with Crippen LogP contribution in [0, 0.1) is 5.41 Å². The zero-order valence-corrected chi connectivity index (χ0v) is 22.1. The van der Waals surface area contributed by atoms with Gasteiger partial charge in [0.25, 0.3) is 5.56 Å². The Morgan fingerprint density at radius 3 is 2.44 bits per heavy atom. The number of aliphatic carboxylic acids is 2. The standard InChI is InChI=1S/C19H12F3N3O3S.C6H14N4O2/c20-19(21,22)10-5-6-15-14(7-10)23-16(29-15)9-25-18(28)12-4-2-1-3-11(12)13(24-25)8-17(26)27;7-4(5(11)12)2-1-3-10-6(8)9/h1-7H,8-9H2,(H,26,27);4H,1-3,7H2,(H,11,12)(H4,8,9,10). The van der Waals surface area contributed by atoms with E-state index < -0.39 is 35.3 Å². The molecule has 41 heavy (non-hydrogen) atoms. The molecule has 0 aliphatic rings. The summed E-state index contributed by atoms with van der Waals surface area (Å²) in [5.74, 6) is -2.20. The molecule has 0 fully saturated rings. The van der Waals surface area contributed by atoms with Crippen molar-refractivity contribution in [1.29, 1.82) is 5.41 Å². The van der Waals surface area contributed by atoms with Gasteiger partial charge in [-0.2, -0.15) is 18.3 Å². The van der Waals surface area contributed by atoms with Crippen LogP contribution in [0.4, 0.5) is 13.2 Å². The molecule has 0 spiro atoms. The van der Waals surface area contributed by atoms with Gasteiger partial charge in [0.2, 0.25) is 0 Å². The number of nitrogens with one attached hydrogen (secondary N) is 2. The first kappa shape index (κ1) is 31.0. The second-order valence-corrected chi connectivity index (χ2v) is 9.86. The number of hydrogen-bond donors (Lipinski definition) is 6. The Bertz CT molecular complexity index is 1640. The summed E-state index contributed by atoms with van der Waals surface area (Å²) < 4.78 is 40.3. The van der Waals surface area contributed by atoms with Gasteiger partial charge in [-0.25, -0.2) is 9.67 Å². The van der Waals surface area contributed by atoms with Crippen molar-refractivity contribution >= 4 is 50.2 Å². The van der Waals surface area contributed by atoms with Crippen LogP contribution >= 0.6 is 11.3 Å². The van der Waals surface area contributed by atoms with Crippen LogP contribution in [-0.4, -0.2) is 55.5 Å². The van der Waals surface area contributed by atoms with E-state index in [2.05, 4.69) is 15.4 Å². The third-order valence-electron chi connectivity index (χ3n) is 5.63. The highest BCUT2D eigenvalue weighted by atomic mass is 32.1. The van der Waals surface area contributed by atoms with E-state index in [1.165, 1.54) is 6.07 Å². The van der Waals surface area contributed by atoms with Crippen molar-refractivity contribution in [2.75, 3.05) is 6.54 Å². The van der Waals surface area contributed by atoms with E-state index in [-0.39, 0.29) is 30.1 Å². The predicted molar refractivity (Wildman–Crippen MR) is 146 cm³/mol. The average molecular weight is 594 g/mol. The number of carboxylic acids is 2. The Kier molecular flexibility index (Phi) is 9.96. The lowest BCUT2D eigenvalue weighted by Gasteiger charge is -2.08. The number of thiazole rings is 1. The molecule has 2 aromatic carbocycles. The van der Waals surface area contributed by atoms with Crippen molar-refractivity contribution in [2.45, 2.75) is 38.0 Å². The molecule has 0 bridgehead atoms. The second-order valence-electron chi connectivity index (χ2n) is 8.74. The number of halogens is 3. The van der Waals surface area contributed by atoms with Gasteiger partial charge < -0.3 is 27.0 Å². The molecule has 0 aliphatic heterocycles. The van der Waals surface area contributed by atoms with Crippen molar-refractivity contribution < 1.29 is 33.0 Å². The number of rotatable bonds is 9. The van der Waals surface area contributed by atoms with Gasteiger partial charge >= 0.3 is 18.1 Å². The normalized spacial score (nSPS) is 12.0. The fraction of sp³-hybridized carbons (Fsp3) is 0.280. The van der Waals surface area contributed by atoms with Gasteiger partial charge in [0.15, 0.2) is 5.96 Å². The largest absolute Gasteiger partial charge is 0.481 e. The molecule has 218 valence electrons. The van der Waals surface area contributed by atoms with E-state index in [1.807, 2.05) is 0 Å². The fourth-order valence-corrected chi connectivity index (χ4v) is 4.63. The number of benzene rings is 2. The van der Waals surface area contributed by atoms with Gasteiger partial charge in [0.05, 0.1) is 39.8 Å². The maximum Gasteiger partial charge on any atom is 0.416 e. The molecule has 16 heteroatoms. The summed E-state index contributed by atoms with van der Waals surface area (Å²) in [6.07, 6.45) is -3.86. The van der Waals surface area contributed by atoms with Crippen molar-refractivity contribution in [3.05, 3.63) is 69.1 Å². The highest BCUT2D eigenvalue weighted by Gasteiger charge is 2.30. The van der Waals surface area contributed by atoms with Gasteiger partial charge in [-0.05, 0) is 37.1 Å². The van der Waals surface area contributed by atoms with Crippen LogP contribution in [0.25, 0.3) is 21.0 Å². The number of hydrogen-bond acceptors (Lipinski definition) is 8. The average Bonchev–Trinajstić information content (AvgIpc) is 3.30. The number of nitrogens with zero attached hydrogens (tertiary/aromatic N) is 3. The molecule has 0 saturated carbocycles. The van der Waals surface area contributed by atoms with Crippen LogP contribution in [0.2, 0.25) is 0 Å². The molecule has 8 N–H and O–H groups in total. The molecular formula is C25H26F3N7O5S. The first-order chi connectivity index (χ1) is 19.3. The van der Waals surface area contributed by atoms with Crippen LogP contribution in [-0.2, 0) is 28.7 Å². The van der Waals surface area contributed by atoms with Gasteiger partial charge in [0.1, 0.15) is 11.0 Å². The first-order valence-electron chi connectivity index (χ1n) is 12.0. The van der Waals surface area contributed by atoms with Crippen molar-refractivity contribution in [2.24, 2.45) is 11.5 Å². The van der Waals surface area contributed by atoms with E-state index in [0.717, 1.165) is 28.2 Å². The van der Waals surface area contributed by atoms with Gasteiger partial charge in [0, 0.05) is 11.9 Å². The topological polar surface area (TPSA) is 210 Å². The minimum atomic E-state index is -4.47. The lowest BCUT2D eigenvalue weighted by Crippen LogP contribution is -2.34. The lowest BCUT2D eigenvalue weighted by molar-refractivity contribution is -0.139. The Balaban J connectivity index is 0.000000327. The Hall–Kier alpha value is -4.57.